The standard InChI is InChI=1S/C12H18O6/c1-7-4-5-8(2)11(15-16-11)12(17-18-12)10(3)9(6-7)13-14-10/h7-9H,4-6H2,1-3H3. The maximum Gasteiger partial charge on any atom is 0.326 e. The molecule has 18 heavy (non-hydrogen) atoms. The smallest absolute Gasteiger partial charge is 0.229 e. The van der Waals surface area contributed by atoms with Crippen molar-refractivity contribution in [2.45, 2.75) is 63.3 Å². The van der Waals surface area contributed by atoms with Crippen molar-refractivity contribution in [3.8, 4) is 0 Å². The molecule has 0 amide bonds. The van der Waals surface area contributed by atoms with Gasteiger partial charge in [0.25, 0.3) is 5.79 Å². The Labute approximate surface area is 105 Å². The lowest BCUT2D eigenvalue weighted by molar-refractivity contribution is -0.525. The number of hydrogen-bond acceptors (Lipinski definition) is 6. The van der Waals surface area contributed by atoms with Crippen LogP contribution in [0.25, 0.3) is 0 Å². The largest absolute Gasteiger partial charge is 0.326 e. The third-order valence-electron chi connectivity index (χ3n) is 4.93. The Morgan fingerprint density at radius 3 is 2.17 bits per heavy atom. The summed E-state index contributed by atoms with van der Waals surface area (Å²) in [4.78, 5) is 31.8. The molecule has 3 aliphatic heterocycles. The van der Waals surface area contributed by atoms with Crippen molar-refractivity contribution in [1.29, 1.82) is 0 Å². The molecule has 1 aliphatic carbocycles. The normalized spacial score (nSPS) is 51.8. The second kappa shape index (κ2) is 3.26. The average Bonchev–Trinajstić information content (AvgIpc) is 3.20. The average molecular weight is 258 g/mol. The maximum atomic E-state index is 5.35. The molecule has 0 bridgehead atoms. The van der Waals surface area contributed by atoms with Gasteiger partial charge in [-0.05, 0) is 25.7 Å². The second-order valence-corrected chi connectivity index (χ2v) is 6.21. The SMILES string of the molecule is CC1CCC(C)C2(OO2)C2(OO2)C2(C)OOC2C1. The lowest BCUT2D eigenvalue weighted by Crippen LogP contribution is -2.68. The fourth-order valence-electron chi connectivity index (χ4n) is 3.31. The van der Waals surface area contributed by atoms with Crippen LogP contribution in [0.1, 0.15) is 40.0 Å². The molecule has 4 unspecified atom stereocenters. The summed E-state index contributed by atoms with van der Waals surface area (Å²) in [5.41, 5.74) is -0.670. The molecule has 0 aromatic carbocycles. The van der Waals surface area contributed by atoms with Crippen LogP contribution in [0.3, 0.4) is 0 Å². The van der Waals surface area contributed by atoms with Gasteiger partial charge in [-0.15, -0.1) is 0 Å². The summed E-state index contributed by atoms with van der Waals surface area (Å²) in [7, 11) is 0. The van der Waals surface area contributed by atoms with Gasteiger partial charge in [-0.25, -0.2) is 9.78 Å². The zero-order valence-electron chi connectivity index (χ0n) is 10.8. The van der Waals surface area contributed by atoms with E-state index in [4.69, 9.17) is 29.3 Å². The van der Waals surface area contributed by atoms with E-state index >= 15 is 0 Å². The van der Waals surface area contributed by atoms with Gasteiger partial charge in [0.05, 0.1) is 0 Å². The zero-order valence-corrected chi connectivity index (χ0v) is 10.8. The van der Waals surface area contributed by atoms with E-state index in [0.29, 0.717) is 5.92 Å². The molecule has 6 heteroatoms. The zero-order chi connectivity index (χ0) is 12.6. The van der Waals surface area contributed by atoms with Gasteiger partial charge in [-0.2, -0.15) is 19.6 Å². The van der Waals surface area contributed by atoms with E-state index < -0.39 is 17.2 Å². The summed E-state index contributed by atoms with van der Waals surface area (Å²) in [6.45, 7) is 6.25. The van der Waals surface area contributed by atoms with Crippen LogP contribution in [0.5, 0.6) is 0 Å². The Bertz CT molecular complexity index is 377. The lowest BCUT2D eigenvalue weighted by Gasteiger charge is -2.46. The first kappa shape index (κ1) is 11.6. The lowest BCUT2D eigenvalue weighted by atomic mass is 9.78. The Balaban J connectivity index is 1.74. The highest BCUT2D eigenvalue weighted by Gasteiger charge is 2.90. The summed E-state index contributed by atoms with van der Waals surface area (Å²) in [5.74, 6) is -1.08. The second-order valence-electron chi connectivity index (χ2n) is 6.21. The molecule has 0 aromatic rings. The van der Waals surface area contributed by atoms with Gasteiger partial charge in [0.2, 0.25) is 0 Å². The Morgan fingerprint density at radius 1 is 0.944 bits per heavy atom. The Morgan fingerprint density at radius 2 is 1.67 bits per heavy atom. The quantitative estimate of drug-likeness (QED) is 0.488. The summed E-state index contributed by atoms with van der Waals surface area (Å²) in [6, 6.07) is 0. The van der Waals surface area contributed by atoms with Crippen LogP contribution in [-0.4, -0.2) is 23.3 Å². The predicted molar refractivity (Wildman–Crippen MR) is 56.3 cm³/mol. The summed E-state index contributed by atoms with van der Waals surface area (Å²) in [5, 5.41) is 0. The van der Waals surface area contributed by atoms with Crippen molar-refractivity contribution in [2.75, 3.05) is 0 Å². The van der Waals surface area contributed by atoms with Crippen LogP contribution in [0.4, 0.5) is 0 Å². The Kier molecular flexibility index (Phi) is 2.09. The molecule has 2 spiro atoms. The molecule has 1 saturated carbocycles. The van der Waals surface area contributed by atoms with Crippen LogP contribution in [0, 0.1) is 11.8 Å². The summed E-state index contributed by atoms with van der Waals surface area (Å²) < 4.78 is 0. The molecule has 4 fully saturated rings. The number of hydrogen-bond donors (Lipinski definition) is 0. The summed E-state index contributed by atoms with van der Waals surface area (Å²) >= 11 is 0. The molecule has 0 radical (unpaired) electrons. The van der Waals surface area contributed by atoms with Crippen LogP contribution < -0.4 is 0 Å². The minimum atomic E-state index is -0.980. The van der Waals surface area contributed by atoms with Gasteiger partial charge in [0.15, 0.2) is 5.60 Å². The van der Waals surface area contributed by atoms with E-state index in [1.807, 2.05) is 6.92 Å². The van der Waals surface area contributed by atoms with Gasteiger partial charge in [-0.1, -0.05) is 20.3 Å². The van der Waals surface area contributed by atoms with Gasteiger partial charge in [0, 0.05) is 5.92 Å². The molecule has 0 N–H and O–H groups in total. The molecule has 4 rings (SSSR count). The van der Waals surface area contributed by atoms with Gasteiger partial charge >= 0.3 is 5.79 Å². The first-order valence-electron chi connectivity index (χ1n) is 6.62. The van der Waals surface area contributed by atoms with Gasteiger partial charge in [0.1, 0.15) is 6.10 Å². The fourth-order valence-corrected chi connectivity index (χ4v) is 3.31. The Hall–Kier alpha value is -0.240. The number of rotatable bonds is 0. The molecule has 6 nitrogen and oxygen atoms in total. The third-order valence-corrected chi connectivity index (χ3v) is 4.93. The molecule has 3 heterocycles. The van der Waals surface area contributed by atoms with Crippen LogP contribution in [0.2, 0.25) is 0 Å². The van der Waals surface area contributed by atoms with Crippen molar-refractivity contribution in [3.05, 3.63) is 0 Å². The molecule has 4 atom stereocenters. The predicted octanol–water partition coefficient (Wildman–Crippen LogP) is 1.85. The van der Waals surface area contributed by atoms with Crippen LogP contribution in [0.15, 0.2) is 0 Å². The van der Waals surface area contributed by atoms with E-state index in [-0.39, 0.29) is 12.0 Å². The maximum absolute atomic E-state index is 5.35. The monoisotopic (exact) mass is 258 g/mol. The highest BCUT2D eigenvalue weighted by molar-refractivity contribution is 5.15. The van der Waals surface area contributed by atoms with E-state index in [0.717, 1.165) is 19.3 Å². The molecular weight excluding hydrogens is 240 g/mol. The van der Waals surface area contributed by atoms with Crippen molar-refractivity contribution in [2.24, 2.45) is 11.8 Å². The van der Waals surface area contributed by atoms with E-state index in [1.54, 1.807) is 0 Å². The van der Waals surface area contributed by atoms with E-state index in [2.05, 4.69) is 13.8 Å². The van der Waals surface area contributed by atoms with Crippen molar-refractivity contribution in [3.63, 3.8) is 0 Å². The highest BCUT2D eigenvalue weighted by Crippen LogP contribution is 2.66. The van der Waals surface area contributed by atoms with Gasteiger partial charge < -0.3 is 0 Å². The minimum absolute atomic E-state index is 0.0509. The van der Waals surface area contributed by atoms with Crippen molar-refractivity contribution >= 4 is 0 Å². The van der Waals surface area contributed by atoms with Gasteiger partial charge in [-0.3, -0.25) is 0 Å². The molecule has 4 aliphatic rings. The minimum Gasteiger partial charge on any atom is -0.229 e. The first-order chi connectivity index (χ1) is 8.54. The topological polar surface area (TPSA) is 68.6 Å². The highest BCUT2D eigenvalue weighted by atomic mass is 17.5. The molecule has 102 valence electrons. The van der Waals surface area contributed by atoms with Crippen LogP contribution in [-0.2, 0) is 29.3 Å². The molecule has 3 saturated heterocycles. The summed E-state index contributed by atoms with van der Waals surface area (Å²) in [6.07, 6.45) is 2.97. The third kappa shape index (κ3) is 1.14. The van der Waals surface area contributed by atoms with Crippen LogP contribution >= 0.6 is 0 Å². The molecular formula is C12H18O6. The van der Waals surface area contributed by atoms with Crippen molar-refractivity contribution < 1.29 is 29.3 Å². The first-order valence-corrected chi connectivity index (χ1v) is 6.62. The van der Waals surface area contributed by atoms with E-state index in [9.17, 15) is 0 Å². The molecule has 0 aromatic heterocycles. The van der Waals surface area contributed by atoms with Crippen molar-refractivity contribution in [1.82, 2.24) is 0 Å². The van der Waals surface area contributed by atoms with E-state index in [1.165, 1.54) is 0 Å². The fraction of sp³-hybridized carbons (Fsp3) is 1.00. The number of fused-ring (bicyclic) bond motifs is 3.